The normalized spacial score (nSPS) is 15.9. The highest BCUT2D eigenvalue weighted by Crippen LogP contribution is 2.20. The molecule has 1 aromatic heterocycles. The summed E-state index contributed by atoms with van der Waals surface area (Å²) >= 11 is 0. The third-order valence-electron chi connectivity index (χ3n) is 4.87. The first-order chi connectivity index (χ1) is 13.5. The third kappa shape index (κ3) is 4.47. The minimum absolute atomic E-state index is 0.166. The number of fused-ring (bicyclic) bond motifs is 1. The summed E-state index contributed by atoms with van der Waals surface area (Å²) in [5.41, 5.74) is 0.858. The van der Waals surface area contributed by atoms with Gasteiger partial charge in [0.05, 0.1) is 18.0 Å². The molecule has 0 spiro atoms. The average molecular weight is 384 g/mol. The standard InChI is InChI=1S/C21H24N2O5/c1-3-27-20(25)16-10-12-23(13-11-16)19(24)14(2)28-21(26)18-9-8-15-6-4-5-7-17(15)22-18/h4-9,14,16H,3,10-13H2,1-2H3. The van der Waals surface area contributed by atoms with E-state index in [9.17, 15) is 14.4 Å². The van der Waals surface area contributed by atoms with E-state index in [1.54, 1.807) is 30.9 Å². The van der Waals surface area contributed by atoms with E-state index in [2.05, 4.69) is 4.98 Å². The lowest BCUT2D eigenvalue weighted by atomic mass is 9.97. The van der Waals surface area contributed by atoms with Crippen LogP contribution < -0.4 is 0 Å². The number of nitrogens with zero attached hydrogens (tertiary/aromatic N) is 2. The number of piperidine rings is 1. The molecular formula is C21H24N2O5. The van der Waals surface area contributed by atoms with Crippen LogP contribution >= 0.6 is 0 Å². The summed E-state index contributed by atoms with van der Waals surface area (Å²) in [6, 6.07) is 10.8. The lowest BCUT2D eigenvalue weighted by Gasteiger charge is -2.32. The van der Waals surface area contributed by atoms with Crippen molar-refractivity contribution < 1.29 is 23.9 Å². The predicted molar refractivity (Wildman–Crippen MR) is 103 cm³/mol. The number of rotatable bonds is 5. The molecule has 1 atom stereocenters. The average Bonchev–Trinajstić information content (AvgIpc) is 2.73. The molecule has 0 N–H and O–H groups in total. The van der Waals surface area contributed by atoms with E-state index in [-0.39, 0.29) is 23.5 Å². The zero-order chi connectivity index (χ0) is 20.1. The number of carbonyl (C=O) groups is 3. The van der Waals surface area contributed by atoms with E-state index in [0.717, 1.165) is 5.39 Å². The zero-order valence-electron chi connectivity index (χ0n) is 16.1. The summed E-state index contributed by atoms with van der Waals surface area (Å²) in [6.45, 7) is 4.57. The zero-order valence-corrected chi connectivity index (χ0v) is 16.1. The molecule has 0 bridgehead atoms. The van der Waals surface area contributed by atoms with Crippen molar-refractivity contribution in [3.63, 3.8) is 0 Å². The van der Waals surface area contributed by atoms with Gasteiger partial charge in [0.2, 0.25) is 0 Å². The summed E-state index contributed by atoms with van der Waals surface area (Å²) in [5, 5.41) is 0.924. The molecule has 1 aliphatic heterocycles. The Morgan fingerprint density at radius 1 is 1.14 bits per heavy atom. The van der Waals surface area contributed by atoms with E-state index in [1.807, 2.05) is 24.3 Å². The number of amides is 1. The SMILES string of the molecule is CCOC(=O)C1CCN(C(=O)C(C)OC(=O)c2ccc3ccccc3n2)CC1. The molecule has 28 heavy (non-hydrogen) atoms. The lowest BCUT2D eigenvalue weighted by Crippen LogP contribution is -2.45. The first-order valence-electron chi connectivity index (χ1n) is 9.51. The molecule has 1 amide bonds. The van der Waals surface area contributed by atoms with Gasteiger partial charge >= 0.3 is 11.9 Å². The Hall–Kier alpha value is -2.96. The highest BCUT2D eigenvalue weighted by Gasteiger charge is 2.31. The number of esters is 2. The molecule has 1 unspecified atom stereocenters. The van der Waals surface area contributed by atoms with Crippen molar-refractivity contribution in [1.82, 2.24) is 9.88 Å². The van der Waals surface area contributed by atoms with Gasteiger partial charge in [-0.25, -0.2) is 9.78 Å². The van der Waals surface area contributed by atoms with Gasteiger partial charge in [0.25, 0.3) is 5.91 Å². The van der Waals surface area contributed by atoms with E-state index >= 15 is 0 Å². The van der Waals surface area contributed by atoms with Crippen molar-refractivity contribution >= 4 is 28.7 Å². The maximum absolute atomic E-state index is 12.6. The summed E-state index contributed by atoms with van der Waals surface area (Å²) in [4.78, 5) is 42.7. The fraction of sp³-hybridized carbons (Fsp3) is 0.429. The highest BCUT2D eigenvalue weighted by atomic mass is 16.5. The van der Waals surface area contributed by atoms with E-state index in [1.165, 1.54) is 0 Å². The van der Waals surface area contributed by atoms with Gasteiger partial charge in [0.15, 0.2) is 6.10 Å². The van der Waals surface area contributed by atoms with Gasteiger partial charge in [-0.1, -0.05) is 24.3 Å². The van der Waals surface area contributed by atoms with Gasteiger partial charge in [0.1, 0.15) is 5.69 Å². The Morgan fingerprint density at radius 2 is 1.86 bits per heavy atom. The Balaban J connectivity index is 1.56. The van der Waals surface area contributed by atoms with Crippen molar-refractivity contribution in [3.05, 3.63) is 42.1 Å². The smallest absolute Gasteiger partial charge is 0.357 e. The maximum Gasteiger partial charge on any atom is 0.357 e. The van der Waals surface area contributed by atoms with Crippen LogP contribution in [0.4, 0.5) is 0 Å². The summed E-state index contributed by atoms with van der Waals surface area (Å²) in [5.74, 6) is -1.29. The summed E-state index contributed by atoms with van der Waals surface area (Å²) < 4.78 is 10.4. The second-order valence-electron chi connectivity index (χ2n) is 6.79. The fourth-order valence-corrected chi connectivity index (χ4v) is 3.30. The van der Waals surface area contributed by atoms with Crippen LogP contribution in [0.1, 0.15) is 37.2 Å². The molecule has 2 aromatic rings. The topological polar surface area (TPSA) is 85.8 Å². The number of likely N-dealkylation sites (tertiary alicyclic amines) is 1. The Kier molecular flexibility index (Phi) is 6.23. The number of hydrogen-bond donors (Lipinski definition) is 0. The number of carbonyl (C=O) groups excluding carboxylic acids is 3. The van der Waals surface area contributed by atoms with Gasteiger partial charge in [0, 0.05) is 18.5 Å². The van der Waals surface area contributed by atoms with Crippen molar-refractivity contribution in [3.8, 4) is 0 Å². The van der Waals surface area contributed by atoms with Crippen LogP contribution in [0.2, 0.25) is 0 Å². The van der Waals surface area contributed by atoms with Crippen molar-refractivity contribution in [2.75, 3.05) is 19.7 Å². The molecule has 1 saturated heterocycles. The molecule has 0 saturated carbocycles. The van der Waals surface area contributed by atoms with Gasteiger partial charge in [-0.3, -0.25) is 9.59 Å². The number of ether oxygens (including phenoxy) is 2. The minimum Gasteiger partial charge on any atom is -0.466 e. The molecule has 0 radical (unpaired) electrons. The largest absolute Gasteiger partial charge is 0.466 e. The molecule has 1 aliphatic rings. The number of aromatic nitrogens is 1. The second kappa shape index (κ2) is 8.82. The van der Waals surface area contributed by atoms with Crippen LogP contribution in [0, 0.1) is 5.92 Å². The molecule has 3 rings (SSSR count). The molecule has 1 fully saturated rings. The van der Waals surface area contributed by atoms with E-state index in [0.29, 0.717) is 38.1 Å². The maximum atomic E-state index is 12.6. The molecule has 0 aliphatic carbocycles. The molecule has 2 heterocycles. The molecular weight excluding hydrogens is 360 g/mol. The fourth-order valence-electron chi connectivity index (χ4n) is 3.30. The first kappa shape index (κ1) is 19.8. The minimum atomic E-state index is -0.917. The van der Waals surface area contributed by atoms with Crippen LogP contribution in [0.5, 0.6) is 0 Å². The monoisotopic (exact) mass is 384 g/mol. The number of pyridine rings is 1. The number of para-hydroxylation sites is 1. The van der Waals surface area contributed by atoms with E-state index in [4.69, 9.17) is 9.47 Å². The number of hydrogen-bond acceptors (Lipinski definition) is 6. The van der Waals surface area contributed by atoms with Gasteiger partial charge in [-0.2, -0.15) is 0 Å². The predicted octanol–water partition coefficient (Wildman–Crippen LogP) is 2.58. The Labute approximate surface area is 163 Å². The lowest BCUT2D eigenvalue weighted by molar-refractivity contribution is -0.152. The van der Waals surface area contributed by atoms with Crippen LogP contribution in [-0.2, 0) is 19.1 Å². The van der Waals surface area contributed by atoms with Crippen molar-refractivity contribution in [2.24, 2.45) is 5.92 Å². The summed E-state index contributed by atoms with van der Waals surface area (Å²) in [6.07, 6.45) is 0.189. The molecule has 7 heteroatoms. The van der Waals surface area contributed by atoms with Gasteiger partial charge < -0.3 is 14.4 Å². The van der Waals surface area contributed by atoms with E-state index < -0.39 is 12.1 Å². The Bertz CT molecular complexity index is 874. The highest BCUT2D eigenvalue weighted by molar-refractivity contribution is 5.93. The van der Waals surface area contributed by atoms with Crippen LogP contribution in [0.15, 0.2) is 36.4 Å². The van der Waals surface area contributed by atoms with Crippen LogP contribution in [0.3, 0.4) is 0 Å². The Morgan fingerprint density at radius 3 is 2.57 bits per heavy atom. The molecule has 7 nitrogen and oxygen atoms in total. The van der Waals surface area contributed by atoms with Gasteiger partial charge in [-0.15, -0.1) is 0 Å². The second-order valence-corrected chi connectivity index (χ2v) is 6.79. The molecule has 148 valence electrons. The number of benzene rings is 1. The van der Waals surface area contributed by atoms with Crippen LogP contribution in [0.25, 0.3) is 10.9 Å². The van der Waals surface area contributed by atoms with Crippen molar-refractivity contribution in [1.29, 1.82) is 0 Å². The third-order valence-corrected chi connectivity index (χ3v) is 4.87. The first-order valence-corrected chi connectivity index (χ1v) is 9.51. The van der Waals surface area contributed by atoms with Crippen LogP contribution in [-0.4, -0.2) is 53.5 Å². The quantitative estimate of drug-likeness (QED) is 0.737. The summed E-state index contributed by atoms with van der Waals surface area (Å²) in [7, 11) is 0. The van der Waals surface area contributed by atoms with Gasteiger partial charge in [-0.05, 0) is 38.8 Å². The van der Waals surface area contributed by atoms with Crippen molar-refractivity contribution in [2.45, 2.75) is 32.8 Å². The molecule has 1 aromatic carbocycles.